The fourth-order valence-corrected chi connectivity index (χ4v) is 3.80. The Bertz CT molecular complexity index is 1070. The largest absolute Gasteiger partial charge is 0.497 e. The Kier molecular flexibility index (Phi) is 7.28. The molecule has 0 spiro atoms. The van der Waals surface area contributed by atoms with Gasteiger partial charge in [0.15, 0.2) is 0 Å². The molecule has 0 fully saturated rings. The fraction of sp³-hybridized carbons (Fsp3) is 0.318. The van der Waals surface area contributed by atoms with E-state index in [1.165, 1.54) is 0 Å². The first kappa shape index (κ1) is 21.0. The van der Waals surface area contributed by atoms with E-state index in [1.807, 2.05) is 54.6 Å². The molecule has 9 heteroatoms. The zero-order chi connectivity index (χ0) is 21.3. The van der Waals surface area contributed by atoms with E-state index in [0.717, 1.165) is 48.4 Å². The molecule has 4 aromatic rings. The highest BCUT2D eigenvalue weighted by Gasteiger charge is 2.08. The van der Waals surface area contributed by atoms with Gasteiger partial charge in [0.1, 0.15) is 5.75 Å². The van der Waals surface area contributed by atoms with E-state index in [1.54, 1.807) is 23.7 Å². The van der Waals surface area contributed by atoms with Crippen molar-refractivity contribution in [3.05, 3.63) is 66.1 Å². The third-order valence-corrected chi connectivity index (χ3v) is 5.58. The van der Waals surface area contributed by atoms with Gasteiger partial charge < -0.3 is 9.15 Å². The Morgan fingerprint density at radius 3 is 2.58 bits per heavy atom. The number of benzene rings is 2. The summed E-state index contributed by atoms with van der Waals surface area (Å²) in [6.45, 7) is 0.761. The van der Waals surface area contributed by atoms with Crippen LogP contribution in [0, 0.1) is 0 Å². The molecule has 2 aromatic heterocycles. The zero-order valence-corrected chi connectivity index (χ0v) is 18.2. The SMILES string of the molecule is COc1ccc(Cc2nnc(SCCCCCn3nnc(-c4ccccc4)n3)o2)cc1. The van der Waals surface area contributed by atoms with Gasteiger partial charge >= 0.3 is 0 Å². The van der Waals surface area contributed by atoms with Gasteiger partial charge in [-0.25, -0.2) is 0 Å². The van der Waals surface area contributed by atoms with Crippen molar-refractivity contribution in [2.24, 2.45) is 0 Å². The van der Waals surface area contributed by atoms with E-state index in [0.29, 0.717) is 23.4 Å². The lowest BCUT2D eigenvalue weighted by atomic mass is 10.1. The standard InChI is InChI=1S/C22H24N6O2S/c1-29-19-12-10-17(11-13-19)16-20-23-25-22(30-20)31-15-7-3-6-14-28-26-21(24-27-28)18-8-4-2-5-9-18/h2,4-5,8-13H,3,6-7,14-16H2,1H3. The Hall–Kier alpha value is -3.20. The van der Waals surface area contributed by atoms with Crippen LogP contribution in [-0.2, 0) is 13.0 Å². The summed E-state index contributed by atoms with van der Waals surface area (Å²) < 4.78 is 10.9. The second kappa shape index (κ2) is 10.7. The number of aromatic nitrogens is 6. The fourth-order valence-electron chi connectivity index (χ4n) is 3.02. The summed E-state index contributed by atoms with van der Waals surface area (Å²) in [7, 11) is 1.66. The minimum absolute atomic E-state index is 0.618. The minimum Gasteiger partial charge on any atom is -0.497 e. The van der Waals surface area contributed by atoms with E-state index in [2.05, 4.69) is 25.6 Å². The summed E-state index contributed by atoms with van der Waals surface area (Å²) in [6, 6.07) is 17.7. The second-order valence-corrected chi connectivity index (χ2v) is 8.02. The lowest BCUT2D eigenvalue weighted by Crippen LogP contribution is -2.02. The van der Waals surface area contributed by atoms with Crippen molar-refractivity contribution < 1.29 is 9.15 Å². The molecule has 31 heavy (non-hydrogen) atoms. The number of unbranched alkanes of at least 4 members (excludes halogenated alkanes) is 2. The number of hydrogen-bond acceptors (Lipinski definition) is 8. The molecular weight excluding hydrogens is 412 g/mol. The summed E-state index contributed by atoms with van der Waals surface area (Å²) in [4.78, 5) is 1.67. The van der Waals surface area contributed by atoms with Crippen LogP contribution in [0.1, 0.15) is 30.7 Å². The minimum atomic E-state index is 0.618. The maximum Gasteiger partial charge on any atom is 0.276 e. The number of thioether (sulfide) groups is 1. The van der Waals surface area contributed by atoms with Crippen LogP contribution in [0.5, 0.6) is 5.75 Å². The molecule has 0 amide bonds. The third kappa shape index (κ3) is 6.14. The number of methoxy groups -OCH3 is 1. The average molecular weight is 437 g/mol. The second-order valence-electron chi connectivity index (χ2n) is 6.97. The lowest BCUT2D eigenvalue weighted by molar-refractivity contribution is 0.413. The Morgan fingerprint density at radius 1 is 0.935 bits per heavy atom. The first-order chi connectivity index (χ1) is 15.3. The summed E-state index contributed by atoms with van der Waals surface area (Å²) in [6.07, 6.45) is 3.74. The smallest absolute Gasteiger partial charge is 0.276 e. The van der Waals surface area contributed by atoms with E-state index in [-0.39, 0.29) is 0 Å². The molecule has 0 aliphatic carbocycles. The van der Waals surface area contributed by atoms with Gasteiger partial charge in [0, 0.05) is 11.3 Å². The summed E-state index contributed by atoms with van der Waals surface area (Å²) in [5.41, 5.74) is 2.09. The van der Waals surface area contributed by atoms with E-state index in [9.17, 15) is 0 Å². The van der Waals surface area contributed by atoms with Gasteiger partial charge in [0.25, 0.3) is 5.22 Å². The molecule has 0 aliphatic rings. The van der Waals surface area contributed by atoms with E-state index < -0.39 is 0 Å². The van der Waals surface area contributed by atoms with Crippen LogP contribution in [0.3, 0.4) is 0 Å². The van der Waals surface area contributed by atoms with Crippen LogP contribution in [0.15, 0.2) is 64.2 Å². The molecule has 2 aromatic carbocycles. The van der Waals surface area contributed by atoms with Gasteiger partial charge in [0.2, 0.25) is 11.7 Å². The topological polar surface area (TPSA) is 91.8 Å². The van der Waals surface area contributed by atoms with Crippen LogP contribution < -0.4 is 4.74 Å². The Balaban J connectivity index is 1.13. The summed E-state index contributed by atoms with van der Waals surface area (Å²) in [5, 5.41) is 21.6. The molecule has 0 bridgehead atoms. The van der Waals surface area contributed by atoms with Crippen LogP contribution in [0.25, 0.3) is 11.4 Å². The Labute approximate surface area is 185 Å². The molecule has 8 nitrogen and oxygen atoms in total. The highest BCUT2D eigenvalue weighted by Crippen LogP contribution is 2.20. The molecule has 4 rings (SSSR count). The lowest BCUT2D eigenvalue weighted by Gasteiger charge is -2.01. The molecule has 0 saturated carbocycles. The van der Waals surface area contributed by atoms with Gasteiger partial charge in [-0.15, -0.1) is 20.4 Å². The molecular formula is C22H24N6O2S. The van der Waals surface area contributed by atoms with Crippen molar-refractivity contribution in [2.75, 3.05) is 12.9 Å². The first-order valence-corrected chi connectivity index (χ1v) is 11.2. The monoisotopic (exact) mass is 436 g/mol. The molecule has 160 valence electrons. The van der Waals surface area contributed by atoms with Gasteiger partial charge in [-0.3, -0.25) is 0 Å². The summed E-state index contributed by atoms with van der Waals surface area (Å²) in [5.74, 6) is 3.06. The van der Waals surface area contributed by atoms with Gasteiger partial charge in [-0.05, 0) is 35.8 Å². The van der Waals surface area contributed by atoms with Crippen molar-refractivity contribution in [2.45, 2.75) is 37.5 Å². The van der Waals surface area contributed by atoms with Crippen molar-refractivity contribution in [1.29, 1.82) is 0 Å². The quantitative estimate of drug-likeness (QED) is 0.254. The highest BCUT2D eigenvalue weighted by atomic mass is 32.2. The molecule has 0 radical (unpaired) electrons. The molecule has 0 aliphatic heterocycles. The van der Waals surface area contributed by atoms with Crippen molar-refractivity contribution in [3.63, 3.8) is 0 Å². The maximum atomic E-state index is 5.74. The van der Waals surface area contributed by atoms with Crippen LogP contribution in [0.2, 0.25) is 0 Å². The van der Waals surface area contributed by atoms with Gasteiger partial charge in [-0.2, -0.15) is 4.80 Å². The molecule has 0 saturated heterocycles. The van der Waals surface area contributed by atoms with Gasteiger partial charge in [-0.1, -0.05) is 60.6 Å². The normalized spacial score (nSPS) is 11.0. The van der Waals surface area contributed by atoms with Crippen molar-refractivity contribution in [1.82, 2.24) is 30.4 Å². The predicted molar refractivity (Wildman–Crippen MR) is 118 cm³/mol. The number of ether oxygens (including phenoxy) is 1. The van der Waals surface area contributed by atoms with Crippen LogP contribution in [0.4, 0.5) is 0 Å². The van der Waals surface area contributed by atoms with Gasteiger partial charge in [0.05, 0.1) is 20.1 Å². The summed E-state index contributed by atoms with van der Waals surface area (Å²) >= 11 is 1.59. The highest BCUT2D eigenvalue weighted by molar-refractivity contribution is 7.99. The zero-order valence-electron chi connectivity index (χ0n) is 17.3. The van der Waals surface area contributed by atoms with Crippen molar-refractivity contribution >= 4 is 11.8 Å². The van der Waals surface area contributed by atoms with E-state index >= 15 is 0 Å². The van der Waals surface area contributed by atoms with Crippen molar-refractivity contribution in [3.8, 4) is 17.1 Å². The third-order valence-electron chi connectivity index (χ3n) is 4.68. The maximum absolute atomic E-state index is 5.74. The number of aryl methyl sites for hydroxylation is 1. The molecule has 2 heterocycles. The van der Waals surface area contributed by atoms with Crippen LogP contribution in [-0.4, -0.2) is 43.3 Å². The van der Waals surface area contributed by atoms with Crippen LogP contribution >= 0.6 is 11.8 Å². The molecule has 0 unspecified atom stereocenters. The average Bonchev–Trinajstić information content (AvgIpc) is 3.47. The molecule has 0 atom stereocenters. The number of rotatable bonds is 11. The first-order valence-electron chi connectivity index (χ1n) is 10.2. The number of hydrogen-bond donors (Lipinski definition) is 0. The van der Waals surface area contributed by atoms with E-state index in [4.69, 9.17) is 9.15 Å². The molecule has 0 N–H and O–H groups in total. The Morgan fingerprint density at radius 2 is 1.77 bits per heavy atom. The number of tetrazole rings is 1. The predicted octanol–water partition coefficient (Wildman–Crippen LogP) is 4.29. The number of nitrogens with zero attached hydrogens (tertiary/aromatic N) is 6.